The second-order valence-electron chi connectivity index (χ2n) is 4.32. The molecule has 0 radical (unpaired) electrons. The van der Waals surface area contributed by atoms with Gasteiger partial charge in [0.15, 0.2) is 10.1 Å². The molecule has 0 amide bonds. The van der Waals surface area contributed by atoms with Crippen LogP contribution in [0.5, 0.6) is 0 Å². The average molecular weight is 292 g/mol. The Bertz CT molecular complexity index is 660. The van der Waals surface area contributed by atoms with Crippen molar-refractivity contribution in [1.29, 1.82) is 0 Å². The van der Waals surface area contributed by atoms with Crippen LogP contribution in [0.25, 0.3) is 4.96 Å². The summed E-state index contributed by atoms with van der Waals surface area (Å²) in [5.74, 6) is 0. The van der Waals surface area contributed by atoms with Crippen LogP contribution in [0.1, 0.15) is 11.3 Å². The van der Waals surface area contributed by atoms with E-state index in [1.165, 1.54) is 5.56 Å². The summed E-state index contributed by atoms with van der Waals surface area (Å²) in [7, 11) is 0. The molecule has 5 heteroatoms. The molecular formula is C14H14ClN3S. The lowest BCUT2D eigenvalue weighted by Crippen LogP contribution is -2.17. The fourth-order valence-corrected chi connectivity index (χ4v) is 3.07. The van der Waals surface area contributed by atoms with Gasteiger partial charge in [-0.05, 0) is 18.5 Å². The summed E-state index contributed by atoms with van der Waals surface area (Å²) in [6, 6.07) is 10.5. The standard InChI is InChI=1S/C14H14ClN3S/c15-13-12(18-8-9-19-14(18)17-13)10-16-7-6-11-4-2-1-3-5-11/h1-5,8-9,16H,6-7,10H2. The predicted octanol–water partition coefficient (Wildman–Crippen LogP) is 3.38. The van der Waals surface area contributed by atoms with Crippen molar-refractivity contribution in [3.8, 4) is 0 Å². The summed E-state index contributed by atoms with van der Waals surface area (Å²) >= 11 is 7.74. The Morgan fingerprint density at radius 2 is 2.11 bits per heavy atom. The Hall–Kier alpha value is -1.36. The third-order valence-electron chi connectivity index (χ3n) is 3.04. The molecule has 0 saturated carbocycles. The van der Waals surface area contributed by atoms with E-state index >= 15 is 0 Å². The molecule has 0 unspecified atom stereocenters. The van der Waals surface area contributed by atoms with Crippen molar-refractivity contribution in [2.24, 2.45) is 0 Å². The van der Waals surface area contributed by atoms with Gasteiger partial charge in [-0.2, -0.15) is 0 Å². The van der Waals surface area contributed by atoms with Gasteiger partial charge in [0, 0.05) is 18.1 Å². The van der Waals surface area contributed by atoms with E-state index in [4.69, 9.17) is 11.6 Å². The van der Waals surface area contributed by atoms with Crippen LogP contribution in [0, 0.1) is 0 Å². The molecule has 0 bridgehead atoms. The van der Waals surface area contributed by atoms with Crippen LogP contribution in [-0.4, -0.2) is 15.9 Å². The number of benzene rings is 1. The maximum atomic E-state index is 6.14. The van der Waals surface area contributed by atoms with Gasteiger partial charge in [0.2, 0.25) is 0 Å². The predicted molar refractivity (Wildman–Crippen MR) is 79.9 cm³/mol. The van der Waals surface area contributed by atoms with Crippen LogP contribution in [0.3, 0.4) is 0 Å². The van der Waals surface area contributed by atoms with Gasteiger partial charge in [-0.25, -0.2) is 4.98 Å². The van der Waals surface area contributed by atoms with E-state index in [0.29, 0.717) is 5.15 Å². The monoisotopic (exact) mass is 291 g/mol. The molecule has 98 valence electrons. The first-order chi connectivity index (χ1) is 9.34. The van der Waals surface area contributed by atoms with Crippen LogP contribution >= 0.6 is 22.9 Å². The molecule has 1 N–H and O–H groups in total. The number of hydrogen-bond donors (Lipinski definition) is 1. The van der Waals surface area contributed by atoms with E-state index in [2.05, 4.69) is 34.6 Å². The van der Waals surface area contributed by atoms with Crippen molar-refractivity contribution in [2.45, 2.75) is 13.0 Å². The van der Waals surface area contributed by atoms with Crippen molar-refractivity contribution in [2.75, 3.05) is 6.54 Å². The lowest BCUT2D eigenvalue weighted by molar-refractivity contribution is 0.672. The highest BCUT2D eigenvalue weighted by molar-refractivity contribution is 7.15. The first kappa shape index (κ1) is 12.7. The molecule has 2 heterocycles. The molecule has 1 aromatic carbocycles. The van der Waals surface area contributed by atoms with Gasteiger partial charge >= 0.3 is 0 Å². The Morgan fingerprint density at radius 1 is 1.26 bits per heavy atom. The Labute approximate surface area is 120 Å². The van der Waals surface area contributed by atoms with Crippen LogP contribution in [0.15, 0.2) is 41.9 Å². The molecule has 0 atom stereocenters. The number of imidazole rings is 1. The lowest BCUT2D eigenvalue weighted by atomic mass is 10.1. The second kappa shape index (κ2) is 5.74. The van der Waals surface area contributed by atoms with Crippen molar-refractivity contribution in [1.82, 2.24) is 14.7 Å². The number of nitrogens with zero attached hydrogens (tertiary/aromatic N) is 2. The summed E-state index contributed by atoms with van der Waals surface area (Å²) in [5, 5.41) is 6.03. The first-order valence-corrected chi connectivity index (χ1v) is 7.45. The Balaban J connectivity index is 1.58. The maximum Gasteiger partial charge on any atom is 0.195 e. The molecule has 0 aliphatic heterocycles. The number of nitrogens with one attached hydrogen (secondary N) is 1. The zero-order valence-electron chi connectivity index (χ0n) is 10.3. The average Bonchev–Trinajstić information content (AvgIpc) is 2.98. The number of fused-ring (bicyclic) bond motifs is 1. The summed E-state index contributed by atoms with van der Waals surface area (Å²) in [6.07, 6.45) is 3.02. The summed E-state index contributed by atoms with van der Waals surface area (Å²) in [4.78, 5) is 5.27. The minimum absolute atomic E-state index is 0.596. The third-order valence-corrected chi connectivity index (χ3v) is 4.10. The minimum atomic E-state index is 0.596. The van der Waals surface area contributed by atoms with Crippen LogP contribution in [0.4, 0.5) is 0 Å². The molecule has 19 heavy (non-hydrogen) atoms. The van der Waals surface area contributed by atoms with Gasteiger partial charge in [-0.1, -0.05) is 41.9 Å². The molecule has 2 aromatic heterocycles. The molecular weight excluding hydrogens is 278 g/mol. The van der Waals surface area contributed by atoms with Crippen molar-refractivity contribution in [3.05, 3.63) is 58.3 Å². The Morgan fingerprint density at radius 3 is 2.95 bits per heavy atom. The van der Waals surface area contributed by atoms with Gasteiger partial charge < -0.3 is 5.32 Å². The van der Waals surface area contributed by atoms with Gasteiger partial charge in [0.1, 0.15) is 0 Å². The van der Waals surface area contributed by atoms with Crippen LogP contribution in [-0.2, 0) is 13.0 Å². The molecule has 3 rings (SSSR count). The summed E-state index contributed by atoms with van der Waals surface area (Å²) < 4.78 is 2.04. The quantitative estimate of drug-likeness (QED) is 0.730. The number of aromatic nitrogens is 2. The van der Waals surface area contributed by atoms with Crippen molar-refractivity contribution < 1.29 is 0 Å². The molecule has 0 aliphatic rings. The van der Waals surface area contributed by atoms with E-state index in [-0.39, 0.29) is 0 Å². The zero-order chi connectivity index (χ0) is 13.1. The lowest BCUT2D eigenvalue weighted by Gasteiger charge is -2.04. The van der Waals surface area contributed by atoms with E-state index < -0.39 is 0 Å². The number of halogens is 1. The normalized spacial score (nSPS) is 11.2. The molecule has 3 nitrogen and oxygen atoms in total. The highest BCUT2D eigenvalue weighted by Crippen LogP contribution is 2.20. The Kier molecular flexibility index (Phi) is 3.82. The second-order valence-corrected chi connectivity index (χ2v) is 5.55. The summed E-state index contributed by atoms with van der Waals surface area (Å²) in [6.45, 7) is 1.67. The first-order valence-electron chi connectivity index (χ1n) is 6.19. The summed E-state index contributed by atoms with van der Waals surface area (Å²) in [5.41, 5.74) is 2.38. The van der Waals surface area contributed by atoms with Gasteiger partial charge in [0.05, 0.1) is 5.69 Å². The van der Waals surface area contributed by atoms with E-state index in [1.807, 2.05) is 22.0 Å². The van der Waals surface area contributed by atoms with Crippen molar-refractivity contribution in [3.63, 3.8) is 0 Å². The van der Waals surface area contributed by atoms with Crippen LogP contribution in [0.2, 0.25) is 5.15 Å². The smallest absolute Gasteiger partial charge is 0.195 e. The van der Waals surface area contributed by atoms with Crippen LogP contribution < -0.4 is 5.32 Å². The number of thiazole rings is 1. The number of hydrogen-bond acceptors (Lipinski definition) is 3. The maximum absolute atomic E-state index is 6.14. The molecule has 3 aromatic rings. The van der Waals surface area contributed by atoms with E-state index in [9.17, 15) is 0 Å². The molecule has 0 fully saturated rings. The largest absolute Gasteiger partial charge is 0.311 e. The highest BCUT2D eigenvalue weighted by atomic mass is 35.5. The SMILES string of the molecule is Clc1nc2sccn2c1CNCCc1ccccc1. The topological polar surface area (TPSA) is 29.3 Å². The molecule has 0 aliphatic carbocycles. The van der Waals surface area contributed by atoms with Gasteiger partial charge in [-0.15, -0.1) is 11.3 Å². The number of rotatable bonds is 5. The van der Waals surface area contributed by atoms with E-state index in [0.717, 1.165) is 30.2 Å². The minimum Gasteiger partial charge on any atom is -0.311 e. The molecule has 0 spiro atoms. The zero-order valence-corrected chi connectivity index (χ0v) is 11.9. The third kappa shape index (κ3) is 2.81. The fraction of sp³-hybridized carbons (Fsp3) is 0.214. The molecule has 0 saturated heterocycles. The fourth-order valence-electron chi connectivity index (χ4n) is 2.05. The van der Waals surface area contributed by atoms with E-state index in [1.54, 1.807) is 11.3 Å². The van der Waals surface area contributed by atoms with Crippen molar-refractivity contribution >= 4 is 27.9 Å². The highest BCUT2D eigenvalue weighted by Gasteiger charge is 2.10. The van der Waals surface area contributed by atoms with Gasteiger partial charge in [-0.3, -0.25) is 4.40 Å². The van der Waals surface area contributed by atoms with Gasteiger partial charge in [0.25, 0.3) is 0 Å².